The van der Waals surface area contributed by atoms with E-state index in [2.05, 4.69) is 22.8 Å². The molecule has 5 heteroatoms. The molecule has 2 aromatic rings. The molecule has 0 aliphatic heterocycles. The van der Waals surface area contributed by atoms with E-state index in [0.29, 0.717) is 0 Å². The normalized spacial score (nSPS) is 9.31. The first kappa shape index (κ1) is 10.5. The molecule has 0 spiro atoms. The summed E-state index contributed by atoms with van der Waals surface area (Å²) in [5.74, 6) is 0. The van der Waals surface area contributed by atoms with E-state index in [4.69, 9.17) is 0 Å². The van der Waals surface area contributed by atoms with Gasteiger partial charge in [-0.25, -0.2) is 0 Å². The van der Waals surface area contributed by atoms with Crippen LogP contribution in [0.4, 0.5) is 0 Å². The van der Waals surface area contributed by atoms with E-state index >= 15 is 0 Å². The van der Waals surface area contributed by atoms with Crippen LogP contribution in [0.1, 0.15) is 0 Å². The molecule has 0 saturated carbocycles. The quantitative estimate of drug-likeness (QED) is 0.636. The molecule has 0 aliphatic carbocycles. The van der Waals surface area contributed by atoms with Gasteiger partial charge in [-0.2, -0.15) is 0 Å². The minimum Gasteiger partial charge on any atom is -0.288 e. The predicted octanol–water partition coefficient (Wildman–Crippen LogP) is 1.55. The van der Waals surface area contributed by atoms with Gasteiger partial charge in [0.1, 0.15) is 12.7 Å². The van der Waals surface area contributed by atoms with Crippen LogP contribution in [0.5, 0.6) is 0 Å². The van der Waals surface area contributed by atoms with Crippen molar-refractivity contribution in [2.75, 3.05) is 0 Å². The molecule has 0 unspecified atom stereocenters. The van der Waals surface area contributed by atoms with Crippen LogP contribution in [-0.4, -0.2) is 14.8 Å². The van der Waals surface area contributed by atoms with E-state index in [9.17, 15) is 0 Å². The number of aromatic nitrogens is 3. The second-order valence-corrected chi connectivity index (χ2v) is 2.91. The molecule has 1 radical (unpaired) electrons. The molecule has 13 heavy (non-hydrogen) atoms. The van der Waals surface area contributed by atoms with E-state index in [1.54, 1.807) is 12.7 Å². The van der Waals surface area contributed by atoms with Gasteiger partial charge >= 0.3 is 0 Å². The Kier molecular flexibility index (Phi) is 3.74. The summed E-state index contributed by atoms with van der Waals surface area (Å²) in [7, 11) is 0. The van der Waals surface area contributed by atoms with Gasteiger partial charge in [0.05, 0.1) is 0 Å². The van der Waals surface area contributed by atoms with Gasteiger partial charge in [-0.3, -0.25) is 4.57 Å². The van der Waals surface area contributed by atoms with Crippen molar-refractivity contribution in [3.8, 4) is 5.69 Å². The molecule has 0 aliphatic rings. The van der Waals surface area contributed by atoms with Crippen molar-refractivity contribution in [3.05, 3.63) is 36.9 Å². The molecule has 0 atom stereocenters. The third-order valence-corrected chi connectivity index (χ3v) is 1.82. The first-order valence-corrected chi connectivity index (χ1v) is 3.95. The monoisotopic (exact) mass is 284 g/mol. The molecule has 3 nitrogen and oxygen atoms in total. The van der Waals surface area contributed by atoms with Gasteiger partial charge in [-0.15, -0.1) is 22.8 Å². The minimum atomic E-state index is 0. The number of nitrogens with zero attached hydrogens (tertiary/aromatic N) is 3. The zero-order chi connectivity index (χ0) is 8.39. The average Bonchev–Trinajstić information content (AvgIpc) is 2.56. The van der Waals surface area contributed by atoms with Gasteiger partial charge in [0, 0.05) is 33.0 Å². The molecule has 0 saturated heterocycles. The maximum Gasteiger partial charge on any atom is 0.123 e. The van der Waals surface area contributed by atoms with Crippen molar-refractivity contribution >= 4 is 12.6 Å². The summed E-state index contributed by atoms with van der Waals surface area (Å²) in [6, 6.07) is 7.80. The Morgan fingerprint density at radius 3 is 2.46 bits per heavy atom. The number of hydrogen-bond donors (Lipinski definition) is 1. The molecule has 1 aromatic carbocycles. The Hall–Kier alpha value is -0.550. The fraction of sp³-hybridized carbons (Fsp3) is 0. The maximum absolute atomic E-state index is 4.23. The third kappa shape index (κ3) is 2.45. The zero-order valence-electron chi connectivity index (χ0n) is 6.55. The smallest absolute Gasteiger partial charge is 0.123 e. The van der Waals surface area contributed by atoms with Crippen molar-refractivity contribution in [2.45, 2.75) is 4.90 Å². The Balaban J connectivity index is 0.000000845. The van der Waals surface area contributed by atoms with Crippen LogP contribution in [0.2, 0.25) is 0 Å². The van der Waals surface area contributed by atoms with Crippen LogP contribution in [0, 0.1) is 0 Å². The summed E-state index contributed by atoms with van der Waals surface area (Å²) in [5, 5.41) is 7.43. The number of thiol groups is 1. The first-order valence-electron chi connectivity index (χ1n) is 3.50. The molecule has 71 valence electrons. The van der Waals surface area contributed by atoms with Crippen LogP contribution in [-0.2, 0) is 22.4 Å². The van der Waals surface area contributed by atoms with E-state index in [-0.39, 0.29) is 22.4 Å². The molecular formula is C8H7AgN3S. The van der Waals surface area contributed by atoms with Crippen molar-refractivity contribution in [3.63, 3.8) is 0 Å². The van der Waals surface area contributed by atoms with Gasteiger partial charge in [-0.1, -0.05) is 6.07 Å². The Morgan fingerprint density at radius 1 is 1.15 bits per heavy atom. The van der Waals surface area contributed by atoms with E-state index in [0.717, 1.165) is 10.6 Å². The molecular weight excluding hydrogens is 278 g/mol. The van der Waals surface area contributed by atoms with E-state index in [1.807, 2.05) is 28.8 Å². The Morgan fingerprint density at radius 2 is 1.85 bits per heavy atom. The summed E-state index contributed by atoms with van der Waals surface area (Å²) in [5.41, 5.74) is 1.02. The fourth-order valence-electron chi connectivity index (χ4n) is 0.988. The maximum atomic E-state index is 4.23. The van der Waals surface area contributed by atoms with Crippen LogP contribution in [0.25, 0.3) is 5.69 Å². The molecule has 1 heterocycles. The first-order chi connectivity index (χ1) is 5.86. The molecule has 0 bridgehead atoms. The van der Waals surface area contributed by atoms with Crippen LogP contribution in [0.3, 0.4) is 0 Å². The van der Waals surface area contributed by atoms with Gasteiger partial charge in [0.2, 0.25) is 0 Å². The number of hydrogen-bond acceptors (Lipinski definition) is 3. The standard InChI is InChI=1S/C8H7N3S.Ag/c12-8-3-1-2-7(4-8)11-5-9-10-6-11;/h1-6,12H;. The van der Waals surface area contributed by atoms with Crippen LogP contribution >= 0.6 is 12.6 Å². The summed E-state index contributed by atoms with van der Waals surface area (Å²) >= 11 is 4.23. The molecule has 0 fully saturated rings. The second kappa shape index (κ2) is 4.62. The van der Waals surface area contributed by atoms with E-state index in [1.165, 1.54) is 0 Å². The summed E-state index contributed by atoms with van der Waals surface area (Å²) < 4.78 is 1.83. The molecule has 0 N–H and O–H groups in total. The largest absolute Gasteiger partial charge is 0.288 e. The van der Waals surface area contributed by atoms with Crippen molar-refractivity contribution < 1.29 is 22.4 Å². The number of rotatable bonds is 1. The minimum absolute atomic E-state index is 0. The summed E-state index contributed by atoms with van der Waals surface area (Å²) in [6.45, 7) is 0. The Bertz CT molecular complexity index is 375. The van der Waals surface area contributed by atoms with Crippen LogP contribution in [0.15, 0.2) is 41.8 Å². The molecule has 1 aromatic heterocycles. The topological polar surface area (TPSA) is 30.7 Å². The van der Waals surface area contributed by atoms with Crippen LogP contribution < -0.4 is 0 Å². The van der Waals surface area contributed by atoms with Gasteiger partial charge in [-0.05, 0) is 18.2 Å². The number of benzene rings is 1. The SMILES string of the molecule is Sc1cccc(-n2cnnc2)c1.[Ag]. The zero-order valence-corrected chi connectivity index (χ0v) is 8.93. The van der Waals surface area contributed by atoms with Gasteiger partial charge in [0.25, 0.3) is 0 Å². The predicted molar refractivity (Wildman–Crippen MR) is 48.6 cm³/mol. The summed E-state index contributed by atoms with van der Waals surface area (Å²) in [4.78, 5) is 0.932. The second-order valence-electron chi connectivity index (χ2n) is 2.39. The molecule has 2 rings (SSSR count). The van der Waals surface area contributed by atoms with E-state index < -0.39 is 0 Å². The Labute approximate surface area is 97.1 Å². The van der Waals surface area contributed by atoms with Crippen molar-refractivity contribution in [2.24, 2.45) is 0 Å². The summed E-state index contributed by atoms with van der Waals surface area (Å²) in [6.07, 6.45) is 3.31. The fourth-order valence-corrected chi connectivity index (χ4v) is 1.21. The van der Waals surface area contributed by atoms with Gasteiger partial charge in [0.15, 0.2) is 0 Å². The van der Waals surface area contributed by atoms with Crippen molar-refractivity contribution in [1.29, 1.82) is 0 Å². The van der Waals surface area contributed by atoms with Crippen molar-refractivity contribution in [1.82, 2.24) is 14.8 Å². The molecule has 0 amide bonds. The average molecular weight is 285 g/mol. The van der Waals surface area contributed by atoms with Gasteiger partial charge < -0.3 is 0 Å². The third-order valence-electron chi connectivity index (χ3n) is 1.55.